The Labute approximate surface area is 147 Å². The Balaban J connectivity index is 1.54. The van der Waals surface area contributed by atoms with Crippen molar-refractivity contribution in [2.24, 2.45) is 0 Å². The number of pyridine rings is 1. The van der Waals surface area contributed by atoms with Crippen LogP contribution < -0.4 is 5.32 Å². The summed E-state index contributed by atoms with van der Waals surface area (Å²) in [7, 11) is 0. The number of anilines is 1. The lowest BCUT2D eigenvalue weighted by Gasteiger charge is -2.02. The van der Waals surface area contributed by atoms with Gasteiger partial charge in [0.25, 0.3) is 0 Å². The summed E-state index contributed by atoms with van der Waals surface area (Å²) < 4.78 is 26.2. The van der Waals surface area contributed by atoms with Crippen molar-refractivity contribution in [3.05, 3.63) is 76.6 Å². The van der Waals surface area contributed by atoms with Crippen molar-refractivity contribution in [2.45, 2.75) is 19.3 Å². The van der Waals surface area contributed by atoms with Crippen molar-refractivity contribution < 1.29 is 13.6 Å². The van der Waals surface area contributed by atoms with E-state index in [0.29, 0.717) is 30.0 Å². The van der Waals surface area contributed by atoms with Crippen molar-refractivity contribution in [1.82, 2.24) is 9.97 Å². The van der Waals surface area contributed by atoms with Gasteiger partial charge < -0.3 is 5.32 Å². The smallest absolute Gasteiger partial charge is 0.226 e. The van der Waals surface area contributed by atoms with E-state index >= 15 is 0 Å². The van der Waals surface area contributed by atoms with E-state index in [1.807, 2.05) is 12.1 Å². The van der Waals surface area contributed by atoms with Gasteiger partial charge in [-0.25, -0.2) is 13.8 Å². The summed E-state index contributed by atoms with van der Waals surface area (Å²) in [4.78, 5) is 21.0. The molecule has 25 heavy (non-hydrogen) atoms. The quantitative estimate of drug-likeness (QED) is 0.724. The fourth-order valence-electron chi connectivity index (χ4n) is 2.28. The second-order valence-corrected chi connectivity index (χ2v) is 6.58. The standard InChI is InChI=1S/C18H15F2N3OS/c19-15-5-3-13(9-16(15)20)8-14-11-22-18(25-14)23-17(24)6-4-12-2-1-7-21-10-12/h1-3,5,7,9-11H,4,6,8H2,(H,22,23,24). The third-order valence-corrected chi connectivity index (χ3v) is 4.44. The van der Waals surface area contributed by atoms with Crippen LogP contribution in [0, 0.1) is 11.6 Å². The van der Waals surface area contributed by atoms with Crippen LogP contribution in [0.25, 0.3) is 0 Å². The lowest BCUT2D eigenvalue weighted by molar-refractivity contribution is -0.116. The lowest BCUT2D eigenvalue weighted by atomic mass is 10.1. The number of hydrogen-bond acceptors (Lipinski definition) is 4. The molecule has 0 radical (unpaired) electrons. The molecule has 7 heteroatoms. The third kappa shape index (κ3) is 4.90. The molecule has 0 bridgehead atoms. The SMILES string of the molecule is O=C(CCc1cccnc1)Nc1ncc(Cc2ccc(F)c(F)c2)s1. The summed E-state index contributed by atoms with van der Waals surface area (Å²) in [6.07, 6.45) is 6.42. The molecule has 1 amide bonds. The van der Waals surface area contributed by atoms with E-state index < -0.39 is 11.6 Å². The molecule has 1 N–H and O–H groups in total. The average Bonchev–Trinajstić information content (AvgIpc) is 3.04. The highest BCUT2D eigenvalue weighted by Gasteiger charge is 2.09. The number of carbonyl (C=O) groups excluding carboxylic acids is 1. The van der Waals surface area contributed by atoms with Crippen LogP contribution in [0.15, 0.2) is 48.9 Å². The zero-order valence-electron chi connectivity index (χ0n) is 13.2. The normalized spacial score (nSPS) is 10.6. The highest BCUT2D eigenvalue weighted by atomic mass is 32.1. The third-order valence-electron chi connectivity index (χ3n) is 3.53. The van der Waals surface area contributed by atoms with E-state index in [-0.39, 0.29) is 5.91 Å². The highest BCUT2D eigenvalue weighted by molar-refractivity contribution is 7.15. The Morgan fingerprint density at radius 3 is 2.76 bits per heavy atom. The van der Waals surface area contributed by atoms with Crippen molar-refractivity contribution in [2.75, 3.05) is 5.32 Å². The number of amides is 1. The first kappa shape index (κ1) is 17.2. The van der Waals surface area contributed by atoms with E-state index in [1.165, 1.54) is 23.5 Å². The van der Waals surface area contributed by atoms with E-state index in [0.717, 1.165) is 16.5 Å². The van der Waals surface area contributed by atoms with Gasteiger partial charge in [-0.3, -0.25) is 9.78 Å². The van der Waals surface area contributed by atoms with E-state index in [1.54, 1.807) is 18.6 Å². The molecule has 3 aromatic rings. The molecule has 0 fully saturated rings. The first-order valence-electron chi connectivity index (χ1n) is 7.67. The summed E-state index contributed by atoms with van der Waals surface area (Å²) in [5.41, 5.74) is 1.65. The molecule has 0 saturated heterocycles. The van der Waals surface area contributed by atoms with Crippen molar-refractivity contribution in [3.8, 4) is 0 Å². The predicted molar refractivity (Wildman–Crippen MR) is 92.5 cm³/mol. The first-order valence-corrected chi connectivity index (χ1v) is 8.49. The largest absolute Gasteiger partial charge is 0.302 e. The molecule has 0 aliphatic rings. The molecule has 2 aromatic heterocycles. The van der Waals surface area contributed by atoms with Crippen LogP contribution in [0.3, 0.4) is 0 Å². The second kappa shape index (κ2) is 7.94. The van der Waals surface area contributed by atoms with Gasteiger partial charge in [-0.05, 0) is 35.7 Å². The van der Waals surface area contributed by atoms with Gasteiger partial charge in [-0.1, -0.05) is 12.1 Å². The van der Waals surface area contributed by atoms with Crippen LogP contribution in [-0.4, -0.2) is 15.9 Å². The number of carbonyl (C=O) groups is 1. The number of nitrogens with one attached hydrogen (secondary N) is 1. The van der Waals surface area contributed by atoms with E-state index in [9.17, 15) is 13.6 Å². The fourth-order valence-corrected chi connectivity index (χ4v) is 3.15. The number of halogens is 2. The maximum atomic E-state index is 13.2. The summed E-state index contributed by atoms with van der Waals surface area (Å²) in [6.45, 7) is 0. The number of nitrogens with zero attached hydrogens (tertiary/aromatic N) is 2. The first-order chi connectivity index (χ1) is 12.1. The van der Waals surface area contributed by atoms with Gasteiger partial charge in [0, 0.05) is 36.3 Å². The molecule has 1 aromatic carbocycles. The minimum Gasteiger partial charge on any atom is -0.302 e. The van der Waals surface area contributed by atoms with Crippen LogP contribution in [0.1, 0.15) is 22.4 Å². The van der Waals surface area contributed by atoms with Crippen molar-refractivity contribution in [1.29, 1.82) is 0 Å². The maximum Gasteiger partial charge on any atom is 0.226 e. The Bertz CT molecular complexity index is 868. The molecule has 3 rings (SSSR count). The number of aryl methyl sites for hydroxylation is 1. The van der Waals surface area contributed by atoms with E-state index in [4.69, 9.17) is 0 Å². The van der Waals surface area contributed by atoms with E-state index in [2.05, 4.69) is 15.3 Å². The minimum absolute atomic E-state index is 0.127. The lowest BCUT2D eigenvalue weighted by Crippen LogP contribution is -2.12. The Kier molecular flexibility index (Phi) is 5.45. The predicted octanol–water partition coefficient (Wildman–Crippen LogP) is 3.98. The van der Waals surface area contributed by atoms with Crippen LogP contribution in [-0.2, 0) is 17.6 Å². The molecular formula is C18H15F2N3OS. The molecule has 0 unspecified atom stereocenters. The zero-order valence-corrected chi connectivity index (χ0v) is 14.0. The van der Waals surface area contributed by atoms with Gasteiger partial charge in [0.15, 0.2) is 16.8 Å². The molecule has 0 aliphatic carbocycles. The molecule has 0 aliphatic heterocycles. The second-order valence-electron chi connectivity index (χ2n) is 5.47. The minimum atomic E-state index is -0.869. The molecule has 2 heterocycles. The number of hydrogen-bond donors (Lipinski definition) is 1. The van der Waals surface area contributed by atoms with Gasteiger partial charge in [0.1, 0.15) is 0 Å². The molecule has 0 spiro atoms. The van der Waals surface area contributed by atoms with Gasteiger partial charge in [-0.2, -0.15) is 0 Å². The van der Waals surface area contributed by atoms with Gasteiger partial charge in [0.2, 0.25) is 5.91 Å². The number of rotatable bonds is 6. The summed E-state index contributed by atoms with van der Waals surface area (Å²) >= 11 is 1.32. The molecule has 4 nitrogen and oxygen atoms in total. The molecular weight excluding hydrogens is 344 g/mol. The molecule has 0 atom stereocenters. The average molecular weight is 359 g/mol. The molecule has 128 valence electrons. The topological polar surface area (TPSA) is 54.9 Å². The summed E-state index contributed by atoms with van der Waals surface area (Å²) in [5, 5.41) is 3.25. The number of aromatic nitrogens is 2. The van der Waals surface area contributed by atoms with Crippen LogP contribution in [0.4, 0.5) is 13.9 Å². The van der Waals surface area contributed by atoms with Crippen molar-refractivity contribution in [3.63, 3.8) is 0 Å². The Hall–Kier alpha value is -2.67. The number of benzene rings is 1. The van der Waals surface area contributed by atoms with Crippen LogP contribution >= 0.6 is 11.3 Å². The summed E-state index contributed by atoms with van der Waals surface area (Å²) in [6, 6.07) is 7.56. The van der Waals surface area contributed by atoms with Gasteiger partial charge in [0.05, 0.1) is 0 Å². The van der Waals surface area contributed by atoms with Crippen molar-refractivity contribution >= 4 is 22.4 Å². The monoisotopic (exact) mass is 359 g/mol. The fraction of sp³-hybridized carbons (Fsp3) is 0.167. The maximum absolute atomic E-state index is 13.2. The zero-order chi connectivity index (χ0) is 17.6. The summed E-state index contributed by atoms with van der Waals surface area (Å²) in [5.74, 6) is -1.86. The number of thiazole rings is 1. The van der Waals surface area contributed by atoms with Gasteiger partial charge in [-0.15, -0.1) is 11.3 Å². The highest BCUT2D eigenvalue weighted by Crippen LogP contribution is 2.22. The Morgan fingerprint density at radius 2 is 2.00 bits per heavy atom. The van der Waals surface area contributed by atoms with Gasteiger partial charge >= 0.3 is 0 Å². The van der Waals surface area contributed by atoms with Crippen LogP contribution in [0.5, 0.6) is 0 Å². The van der Waals surface area contributed by atoms with Crippen LogP contribution in [0.2, 0.25) is 0 Å². The molecule has 0 saturated carbocycles. The Morgan fingerprint density at radius 1 is 1.12 bits per heavy atom.